The van der Waals surface area contributed by atoms with E-state index in [0.717, 1.165) is 263 Å². The number of nitrogens with two attached hydrogens (primary N) is 4. The molecule has 6 aliphatic rings. The van der Waals surface area contributed by atoms with Crippen molar-refractivity contribution < 1.29 is 29.9 Å². The van der Waals surface area contributed by atoms with Gasteiger partial charge in [-0.1, -0.05) is 66.7 Å². The van der Waals surface area contributed by atoms with Crippen LogP contribution in [-0.4, -0.2) is 133 Å². The molecule has 0 fully saturated rings. The molecular formula is C95H100N20O7S12. The second-order valence-electron chi connectivity index (χ2n) is 32.4. The molecule has 19 heterocycles. The highest BCUT2D eigenvalue weighted by Gasteiger charge is 2.33. The van der Waals surface area contributed by atoms with Gasteiger partial charge >= 0.3 is 0 Å². The lowest BCUT2D eigenvalue weighted by molar-refractivity contribution is 0.497. The SMILES string of the molecule is CCCCS(=O)C1=C(N)c2c(C3=CN=C(C)C3)cc(-c3nccs3)nc2C1.CCCCS(=O)c1cc2c(C3=CN=C(C)C3)cc(-c3nccs3)nc2s1.CCCCS(=O)c1oc2nc(-c3nccs3)cc(C3=CN=C(C)C3)c2c1N.CCCCS(=O)c1sc2nc(-c3ncco3)cc(C3=CN=C(C)C3)c2c1N.CCCCS(=O)c1sc2nc(-c3nccs3)nc(C3=CN=C(C)C3)c2c1N. The molecule has 0 radical (unpaired) electrons. The zero-order valence-corrected chi connectivity index (χ0v) is 85.4. The van der Waals surface area contributed by atoms with Crippen molar-refractivity contribution in [1.29, 1.82) is 0 Å². The minimum absolute atomic E-state index is 0.319. The molecule has 694 valence electrons. The van der Waals surface area contributed by atoms with Gasteiger partial charge in [0.15, 0.2) is 10.8 Å². The predicted octanol–water partition coefficient (Wildman–Crippen LogP) is 23.5. The molecule has 0 amide bonds. The lowest BCUT2D eigenvalue weighted by Crippen LogP contribution is -2.06. The number of hydrogen-bond donors (Lipinski definition) is 4. The number of oxazole rings is 1. The Morgan fingerprint density at radius 2 is 0.821 bits per heavy atom. The summed E-state index contributed by atoms with van der Waals surface area (Å²) in [7, 11) is -5.54. The highest BCUT2D eigenvalue weighted by Crippen LogP contribution is 2.48. The number of pyridine rings is 4. The van der Waals surface area contributed by atoms with E-state index in [1.54, 1.807) is 65.0 Å². The maximum Gasteiger partial charge on any atom is 0.245 e. The number of unbranched alkanes of at least 4 members (excludes halogenated alkanes) is 5. The van der Waals surface area contributed by atoms with Crippen molar-refractivity contribution in [3.8, 4) is 54.5 Å². The second-order valence-corrected chi connectivity index (χ2v) is 47.4. The van der Waals surface area contributed by atoms with E-state index in [1.165, 1.54) is 57.2 Å². The largest absolute Gasteiger partial charge is 0.443 e. The van der Waals surface area contributed by atoms with Crippen molar-refractivity contribution in [2.75, 3.05) is 46.0 Å². The van der Waals surface area contributed by atoms with E-state index < -0.39 is 54.0 Å². The molecule has 0 bridgehead atoms. The molecule has 0 spiro atoms. The van der Waals surface area contributed by atoms with E-state index in [4.69, 9.17) is 51.7 Å². The summed E-state index contributed by atoms with van der Waals surface area (Å²) in [4.78, 5) is 75.5. The predicted molar refractivity (Wildman–Crippen MR) is 564 cm³/mol. The maximum absolute atomic E-state index is 12.8. The fourth-order valence-electron chi connectivity index (χ4n) is 15.4. The summed E-state index contributed by atoms with van der Waals surface area (Å²) in [5.74, 6) is 4.14. The molecule has 0 saturated heterocycles. The smallest absolute Gasteiger partial charge is 0.245 e. The summed E-state index contributed by atoms with van der Waals surface area (Å²) >= 11 is 10.5. The van der Waals surface area contributed by atoms with Crippen molar-refractivity contribution in [1.82, 2.24) is 54.8 Å². The summed E-state index contributed by atoms with van der Waals surface area (Å²) in [6.07, 6.45) is 33.7. The Balaban J connectivity index is 0.000000122. The van der Waals surface area contributed by atoms with Crippen molar-refractivity contribution in [3.05, 3.63) is 164 Å². The molecule has 8 N–H and O–H groups in total. The van der Waals surface area contributed by atoms with E-state index in [1.807, 2.05) is 99.3 Å². The monoisotopic (exact) mass is 2020 g/mol. The standard InChI is InChI=1S/C20H22N4OS2.2C19H20N4O2S2.C19H19N3OS3.C18H19N5OS3/c1-3-4-7-27(25)17-10-15-18(19(17)21)14(13-8-12(2)23-11-13)9-16(24-15)20-22-5-6-26-20;1-3-4-7-27(24)19-16(20)15-13(12-8-11(2)22-10-12)9-14(23-17(15)25-19)18-21-5-6-26-18;1-3-4-7-27(24)19-16(20)15-13(12-8-11(2)22-10-12)9-14(23-18(15)26-19)17-21-5-6-25-17;1-3-4-7-26(23)17-10-15-14(13-8-12(2)21-11-13)9-16(22-18(15)25-17)19-20-5-6-24-19;1-3-4-7-27(24)18-13(19)12-14(11-8-10(2)21-9-11)22-15(23-16(12)26-18)17-20-5-6-25-17/h5-6,9,11H,3-4,7-8,10,21H2,1-2H3;2*5-6,9-10H,3-4,7-8,20H2,1-2H3;5-6,9-11H,3-4,7-8H2,1-2H3;5-6,9H,3-4,7-8,19H2,1-2H3. The Morgan fingerprint density at radius 1 is 0.388 bits per heavy atom. The van der Waals surface area contributed by atoms with Crippen molar-refractivity contribution in [2.45, 2.75) is 190 Å². The van der Waals surface area contributed by atoms with Gasteiger partial charge in [-0.15, -0.1) is 79.4 Å². The number of allylic oxidation sites excluding steroid dienone is 6. The van der Waals surface area contributed by atoms with Gasteiger partial charge in [0, 0.05) is 200 Å². The number of nitrogen functional groups attached to an aromatic ring is 3. The fraction of sp³-hybridized carbons (Fsp3) is 0.326. The summed E-state index contributed by atoms with van der Waals surface area (Å²) in [5.41, 5.74) is 48.9. The van der Waals surface area contributed by atoms with E-state index in [0.29, 0.717) is 100.0 Å². The van der Waals surface area contributed by atoms with E-state index in [2.05, 4.69) is 113 Å². The third-order valence-electron chi connectivity index (χ3n) is 22.2. The molecular weight excluding hydrogens is 1920 g/mol. The minimum atomic E-state index is -1.28. The van der Waals surface area contributed by atoms with Crippen LogP contribution in [0.5, 0.6) is 0 Å². The third-order valence-corrected chi connectivity index (χ3v) is 37.2. The van der Waals surface area contributed by atoms with Crippen LogP contribution in [-0.2, 0) is 60.4 Å². The number of fused-ring (bicyclic) bond motifs is 5. The van der Waals surface area contributed by atoms with Gasteiger partial charge in [-0.3, -0.25) is 46.0 Å². The van der Waals surface area contributed by atoms with Crippen LogP contribution in [0.2, 0.25) is 0 Å². The van der Waals surface area contributed by atoms with Gasteiger partial charge < -0.3 is 31.8 Å². The maximum atomic E-state index is 12.8. The molecule has 5 unspecified atom stereocenters. The zero-order chi connectivity index (χ0) is 94.0. The number of rotatable bonds is 30. The quantitative estimate of drug-likeness (QED) is 0.0325. The lowest BCUT2D eigenvalue weighted by atomic mass is 9.96. The second kappa shape index (κ2) is 44.1. The molecule has 5 atom stereocenters. The van der Waals surface area contributed by atoms with Crippen molar-refractivity contribution >= 4 is 254 Å². The summed E-state index contributed by atoms with van der Waals surface area (Å²) in [5, 5.41) is 14.8. The molecule has 20 rings (SSSR count). The first-order chi connectivity index (χ1) is 65.0. The number of thiazole rings is 4. The Kier molecular flexibility index (Phi) is 31.9. The summed E-state index contributed by atoms with van der Waals surface area (Å²) in [6.45, 7) is 20.5. The van der Waals surface area contributed by atoms with Crippen molar-refractivity contribution in [3.63, 3.8) is 0 Å². The number of anilines is 3. The average Bonchev–Trinajstić information content (AvgIpc) is 1.63. The van der Waals surface area contributed by atoms with Gasteiger partial charge in [0.1, 0.15) is 61.3 Å². The normalized spacial score (nSPS) is 15.6. The summed E-state index contributed by atoms with van der Waals surface area (Å²) < 4.78 is 77.2. The van der Waals surface area contributed by atoms with Gasteiger partial charge in [0.25, 0.3) is 0 Å². The third kappa shape index (κ3) is 21.7. The van der Waals surface area contributed by atoms with Crippen LogP contribution < -0.4 is 22.9 Å². The molecule has 134 heavy (non-hydrogen) atoms. The molecule has 0 saturated carbocycles. The molecule has 39 heteroatoms. The highest BCUT2D eigenvalue weighted by atomic mass is 32.2. The Hall–Kier alpha value is -10.4. The number of thiophene rings is 3. The molecule has 14 aromatic heterocycles. The van der Waals surface area contributed by atoms with E-state index in [9.17, 15) is 21.0 Å². The van der Waals surface area contributed by atoms with Crippen LogP contribution in [0, 0.1) is 0 Å². The summed E-state index contributed by atoms with van der Waals surface area (Å²) in [6, 6.07) is 10.1. The average molecular weight is 2020 g/mol. The number of hydrogen-bond acceptors (Lipinski definition) is 34. The first-order valence-electron chi connectivity index (χ1n) is 44.1. The molecule has 27 nitrogen and oxygen atoms in total. The molecule has 5 aliphatic heterocycles. The highest BCUT2D eigenvalue weighted by molar-refractivity contribution is 7.89. The van der Waals surface area contributed by atoms with Gasteiger partial charge in [-0.05, 0) is 142 Å². The van der Waals surface area contributed by atoms with Crippen molar-refractivity contribution in [2.24, 2.45) is 30.7 Å². The van der Waals surface area contributed by atoms with Gasteiger partial charge in [-0.25, -0.2) is 54.8 Å². The molecule has 1 aliphatic carbocycles. The van der Waals surface area contributed by atoms with Crippen LogP contribution in [0.15, 0.2) is 177 Å². The van der Waals surface area contributed by atoms with Crippen LogP contribution in [0.1, 0.15) is 205 Å². The zero-order valence-electron chi connectivity index (χ0n) is 75.6. The van der Waals surface area contributed by atoms with Crippen LogP contribution in [0.4, 0.5) is 17.1 Å². The topological polar surface area (TPSA) is 419 Å². The van der Waals surface area contributed by atoms with Gasteiger partial charge in [0.2, 0.25) is 16.7 Å². The Labute approximate surface area is 816 Å². The fourth-order valence-corrected chi connectivity index (χ4v) is 28.7. The number of aromatic nitrogens is 11. The molecule has 14 aromatic rings. The first-order valence-corrected chi connectivity index (χ1v) is 56.6. The van der Waals surface area contributed by atoms with Gasteiger partial charge in [-0.2, -0.15) is 0 Å². The number of furan rings is 1. The van der Waals surface area contributed by atoms with Crippen LogP contribution in [0.25, 0.3) is 130 Å². The van der Waals surface area contributed by atoms with E-state index >= 15 is 0 Å². The van der Waals surface area contributed by atoms with Crippen LogP contribution in [0.3, 0.4) is 0 Å². The first kappa shape index (κ1) is 96.7. The lowest BCUT2D eigenvalue weighted by Gasteiger charge is -2.12. The number of nitrogens with zero attached hydrogens (tertiary/aromatic N) is 16. The van der Waals surface area contributed by atoms with Gasteiger partial charge in [0.05, 0.1) is 115 Å². The van der Waals surface area contributed by atoms with Crippen LogP contribution >= 0.6 is 79.4 Å². The van der Waals surface area contributed by atoms with E-state index in [-0.39, 0.29) is 0 Å². The molecule has 0 aromatic carbocycles. The minimum Gasteiger partial charge on any atom is -0.443 e. The Morgan fingerprint density at radius 3 is 1.32 bits per heavy atom. The Bertz CT molecular complexity index is 6850. The number of aliphatic imine (C=N–C) groups is 5.